The molecule has 1 atom stereocenters. The normalized spacial score (nSPS) is 21.8. The highest BCUT2D eigenvalue weighted by atomic mass is 16.6. The summed E-state index contributed by atoms with van der Waals surface area (Å²) < 4.78 is 4.57. The van der Waals surface area contributed by atoms with Crippen molar-refractivity contribution in [1.29, 1.82) is 0 Å². The smallest absolute Gasteiger partial charge is 0.317 e. The second-order valence-electron chi connectivity index (χ2n) is 3.94. The number of rotatable bonds is 5. The van der Waals surface area contributed by atoms with Crippen molar-refractivity contribution in [2.75, 3.05) is 0 Å². The Balaban J connectivity index is 2.58. The molecule has 1 aliphatic rings. The maximum atomic E-state index is 11.3. The van der Waals surface area contributed by atoms with Gasteiger partial charge in [0.1, 0.15) is 0 Å². The molecule has 0 aliphatic carbocycles. The van der Waals surface area contributed by atoms with E-state index in [1.807, 2.05) is 0 Å². The lowest BCUT2D eigenvalue weighted by Gasteiger charge is -2.18. The van der Waals surface area contributed by atoms with E-state index in [2.05, 4.69) is 18.6 Å². The lowest BCUT2D eigenvalue weighted by molar-refractivity contribution is -0.153. The molecule has 1 aliphatic heterocycles. The zero-order valence-corrected chi connectivity index (χ0v) is 8.91. The average Bonchev–Trinajstić information content (AvgIpc) is 2.45. The second kappa shape index (κ2) is 5.13. The van der Waals surface area contributed by atoms with Crippen molar-refractivity contribution >= 4 is 11.9 Å². The molecule has 0 amide bonds. The molecule has 80 valence electrons. The molecular weight excluding hydrogens is 180 g/mol. The Hall–Kier alpha value is -0.860. The van der Waals surface area contributed by atoms with Gasteiger partial charge in [-0.3, -0.25) is 9.59 Å². The minimum atomic E-state index is -0.350. The van der Waals surface area contributed by atoms with Crippen LogP contribution in [0, 0.1) is 11.8 Å². The van der Waals surface area contributed by atoms with E-state index < -0.39 is 0 Å². The van der Waals surface area contributed by atoms with Crippen molar-refractivity contribution in [3.63, 3.8) is 0 Å². The van der Waals surface area contributed by atoms with Gasteiger partial charge in [0.2, 0.25) is 0 Å². The van der Waals surface area contributed by atoms with Gasteiger partial charge in [0, 0.05) is 0 Å². The molecular formula is C11H18O3. The predicted molar refractivity (Wildman–Crippen MR) is 52.5 cm³/mol. The number of esters is 2. The first-order chi connectivity index (χ1) is 6.69. The van der Waals surface area contributed by atoms with E-state index in [1.165, 1.54) is 0 Å². The SMILES string of the molecule is CCCC(CCC)C1CC(=O)OC1=O. The number of hydrogen-bond acceptors (Lipinski definition) is 3. The number of hydrogen-bond donors (Lipinski definition) is 0. The Morgan fingerprint density at radius 3 is 2.21 bits per heavy atom. The highest BCUT2D eigenvalue weighted by Crippen LogP contribution is 2.30. The number of ether oxygens (including phenoxy) is 1. The summed E-state index contributed by atoms with van der Waals surface area (Å²) in [4.78, 5) is 22.3. The molecule has 3 heteroatoms. The van der Waals surface area contributed by atoms with Crippen LogP contribution in [0.2, 0.25) is 0 Å². The Morgan fingerprint density at radius 1 is 1.29 bits per heavy atom. The zero-order valence-electron chi connectivity index (χ0n) is 8.91. The first kappa shape index (κ1) is 11.2. The molecule has 0 saturated carbocycles. The van der Waals surface area contributed by atoms with E-state index >= 15 is 0 Å². The van der Waals surface area contributed by atoms with Gasteiger partial charge in [-0.25, -0.2) is 0 Å². The van der Waals surface area contributed by atoms with Gasteiger partial charge in [-0.05, 0) is 18.8 Å². The van der Waals surface area contributed by atoms with E-state index in [1.54, 1.807) is 0 Å². The molecule has 0 aromatic heterocycles. The summed E-state index contributed by atoms with van der Waals surface area (Å²) in [6.45, 7) is 4.20. The standard InChI is InChI=1S/C11H18O3/c1-3-5-8(6-4-2)9-7-10(12)14-11(9)13/h8-9H,3-7H2,1-2H3. The van der Waals surface area contributed by atoms with E-state index in [4.69, 9.17) is 0 Å². The van der Waals surface area contributed by atoms with Crippen LogP contribution in [-0.2, 0) is 14.3 Å². The van der Waals surface area contributed by atoms with Crippen LogP contribution in [0.3, 0.4) is 0 Å². The molecule has 0 aromatic rings. The zero-order chi connectivity index (χ0) is 10.6. The fourth-order valence-electron chi connectivity index (χ4n) is 2.14. The van der Waals surface area contributed by atoms with Crippen LogP contribution in [-0.4, -0.2) is 11.9 Å². The van der Waals surface area contributed by atoms with Gasteiger partial charge in [0.25, 0.3) is 0 Å². The monoisotopic (exact) mass is 198 g/mol. The summed E-state index contributed by atoms with van der Waals surface area (Å²) in [6.07, 6.45) is 4.44. The van der Waals surface area contributed by atoms with Crippen molar-refractivity contribution in [2.24, 2.45) is 11.8 Å². The maximum absolute atomic E-state index is 11.3. The topological polar surface area (TPSA) is 43.4 Å². The Labute approximate surface area is 84.8 Å². The van der Waals surface area contributed by atoms with Gasteiger partial charge in [0.05, 0.1) is 12.3 Å². The van der Waals surface area contributed by atoms with Crippen LogP contribution in [0.15, 0.2) is 0 Å². The molecule has 1 saturated heterocycles. The Morgan fingerprint density at radius 2 is 1.86 bits per heavy atom. The molecule has 14 heavy (non-hydrogen) atoms. The number of carbonyl (C=O) groups excluding carboxylic acids is 2. The minimum absolute atomic E-state index is 0.164. The number of cyclic esters (lactones) is 2. The molecule has 1 rings (SSSR count). The molecule has 1 fully saturated rings. The van der Waals surface area contributed by atoms with Gasteiger partial charge in [-0.2, -0.15) is 0 Å². The van der Waals surface area contributed by atoms with Gasteiger partial charge >= 0.3 is 11.9 Å². The van der Waals surface area contributed by atoms with Crippen molar-refractivity contribution in [3.8, 4) is 0 Å². The molecule has 1 unspecified atom stereocenters. The lowest BCUT2D eigenvalue weighted by atomic mass is 9.84. The minimum Gasteiger partial charge on any atom is -0.393 e. The van der Waals surface area contributed by atoms with Crippen molar-refractivity contribution < 1.29 is 14.3 Å². The fraction of sp³-hybridized carbons (Fsp3) is 0.818. The summed E-state index contributed by atoms with van der Waals surface area (Å²) in [6, 6.07) is 0. The molecule has 3 nitrogen and oxygen atoms in total. The molecule has 0 radical (unpaired) electrons. The highest BCUT2D eigenvalue weighted by Gasteiger charge is 2.38. The van der Waals surface area contributed by atoms with Crippen molar-refractivity contribution in [3.05, 3.63) is 0 Å². The lowest BCUT2D eigenvalue weighted by Crippen LogP contribution is -2.19. The quantitative estimate of drug-likeness (QED) is 0.503. The third kappa shape index (κ3) is 2.56. The van der Waals surface area contributed by atoms with E-state index in [0.717, 1.165) is 25.7 Å². The average molecular weight is 198 g/mol. The Kier molecular flexibility index (Phi) is 4.11. The molecule has 0 spiro atoms. The van der Waals surface area contributed by atoms with Crippen molar-refractivity contribution in [1.82, 2.24) is 0 Å². The second-order valence-corrected chi connectivity index (χ2v) is 3.94. The molecule has 0 N–H and O–H groups in total. The van der Waals surface area contributed by atoms with Crippen LogP contribution in [0.25, 0.3) is 0 Å². The summed E-state index contributed by atoms with van der Waals surface area (Å²) in [7, 11) is 0. The summed E-state index contributed by atoms with van der Waals surface area (Å²) >= 11 is 0. The van der Waals surface area contributed by atoms with Crippen molar-refractivity contribution in [2.45, 2.75) is 46.0 Å². The predicted octanol–water partition coefficient (Wildman–Crippen LogP) is 2.29. The van der Waals surface area contributed by atoms with Gasteiger partial charge < -0.3 is 4.74 Å². The van der Waals surface area contributed by atoms with Crippen LogP contribution < -0.4 is 0 Å². The van der Waals surface area contributed by atoms with Crippen LogP contribution in [0.5, 0.6) is 0 Å². The first-order valence-corrected chi connectivity index (χ1v) is 5.43. The van der Waals surface area contributed by atoms with E-state index in [-0.39, 0.29) is 17.9 Å². The van der Waals surface area contributed by atoms with Crippen LogP contribution >= 0.6 is 0 Å². The maximum Gasteiger partial charge on any atom is 0.317 e. The van der Waals surface area contributed by atoms with Gasteiger partial charge in [0.15, 0.2) is 0 Å². The van der Waals surface area contributed by atoms with Gasteiger partial charge in [-0.1, -0.05) is 26.7 Å². The summed E-state index contributed by atoms with van der Waals surface area (Å²) in [5.41, 5.74) is 0. The fourth-order valence-corrected chi connectivity index (χ4v) is 2.14. The first-order valence-electron chi connectivity index (χ1n) is 5.43. The summed E-state index contributed by atoms with van der Waals surface area (Å²) in [5, 5.41) is 0. The number of carbonyl (C=O) groups is 2. The van der Waals surface area contributed by atoms with E-state index in [0.29, 0.717) is 12.3 Å². The highest BCUT2D eigenvalue weighted by molar-refractivity contribution is 5.94. The third-order valence-corrected chi connectivity index (χ3v) is 2.79. The largest absolute Gasteiger partial charge is 0.393 e. The third-order valence-electron chi connectivity index (χ3n) is 2.79. The Bertz CT molecular complexity index is 217. The van der Waals surface area contributed by atoms with Crippen LogP contribution in [0.4, 0.5) is 0 Å². The van der Waals surface area contributed by atoms with Gasteiger partial charge in [-0.15, -0.1) is 0 Å². The van der Waals surface area contributed by atoms with E-state index in [9.17, 15) is 9.59 Å². The summed E-state index contributed by atoms with van der Waals surface area (Å²) in [5.74, 6) is -0.481. The molecule has 1 heterocycles. The molecule has 0 aromatic carbocycles. The van der Waals surface area contributed by atoms with Crippen LogP contribution in [0.1, 0.15) is 46.0 Å². The molecule has 0 bridgehead atoms.